The summed E-state index contributed by atoms with van der Waals surface area (Å²) in [4.78, 5) is 29.7. The predicted octanol–water partition coefficient (Wildman–Crippen LogP) is 2.33. The van der Waals surface area contributed by atoms with E-state index in [4.69, 9.17) is 0 Å². The molecule has 2 aliphatic heterocycles. The third-order valence-corrected chi connectivity index (χ3v) is 12.0. The third-order valence-electron chi connectivity index (χ3n) is 8.89. The van der Waals surface area contributed by atoms with Crippen LogP contribution in [-0.4, -0.2) is 58.1 Å². The quantitative estimate of drug-likeness (QED) is 0.502. The minimum absolute atomic E-state index is 0.0799. The van der Waals surface area contributed by atoms with Crippen LogP contribution in [-0.2, 0) is 36.2 Å². The molecule has 1 aromatic rings. The molecule has 0 aromatic carbocycles. The van der Waals surface area contributed by atoms with Crippen LogP contribution in [0, 0.1) is 29.6 Å². The van der Waals surface area contributed by atoms with E-state index >= 15 is 0 Å². The van der Waals surface area contributed by atoms with Crippen LogP contribution in [0.2, 0.25) is 0 Å². The lowest BCUT2D eigenvalue weighted by Gasteiger charge is -2.47. The highest BCUT2D eigenvalue weighted by molar-refractivity contribution is 7.91. The Morgan fingerprint density at radius 3 is 2.59 bits per heavy atom. The van der Waals surface area contributed by atoms with E-state index in [1.54, 1.807) is 5.38 Å². The Balaban J connectivity index is 1.33. The molecular formula is C24H32N4O6S3. The summed E-state index contributed by atoms with van der Waals surface area (Å²) in [6, 6.07) is -0.0799. The molecule has 5 aliphatic rings. The fraction of sp³-hybridized carbons (Fsp3) is 0.708. The average molecular weight is 569 g/mol. The van der Waals surface area contributed by atoms with E-state index in [1.807, 2.05) is 4.90 Å². The van der Waals surface area contributed by atoms with Crippen molar-refractivity contribution in [2.24, 2.45) is 34.0 Å². The fourth-order valence-corrected chi connectivity index (χ4v) is 10.4. The van der Waals surface area contributed by atoms with Crippen molar-refractivity contribution in [3.63, 3.8) is 0 Å². The molecule has 3 aliphatic carbocycles. The number of amidine groups is 1. The molecule has 202 valence electrons. The Bertz CT molecular complexity index is 1380. The van der Waals surface area contributed by atoms with Crippen LogP contribution in [0.25, 0.3) is 0 Å². The normalized spacial score (nSPS) is 33.2. The van der Waals surface area contributed by atoms with Gasteiger partial charge in [-0.2, -0.15) is 8.42 Å². The second-order valence-corrected chi connectivity index (χ2v) is 15.5. The molecule has 1 saturated heterocycles. The molecule has 2 N–H and O–H groups in total. The van der Waals surface area contributed by atoms with Gasteiger partial charge in [0.2, 0.25) is 15.9 Å². The summed E-state index contributed by atoms with van der Waals surface area (Å²) in [5.41, 5.74) is 0.272. The van der Waals surface area contributed by atoms with Crippen molar-refractivity contribution in [1.29, 1.82) is 0 Å². The fourth-order valence-electron chi connectivity index (χ4n) is 7.37. The molecule has 5 atom stereocenters. The van der Waals surface area contributed by atoms with Gasteiger partial charge in [-0.15, -0.1) is 15.7 Å². The Kier molecular flexibility index (Phi) is 6.28. The molecule has 37 heavy (non-hydrogen) atoms. The second kappa shape index (κ2) is 9.13. The van der Waals surface area contributed by atoms with Gasteiger partial charge in [0.05, 0.1) is 6.26 Å². The molecule has 1 aromatic heterocycles. The summed E-state index contributed by atoms with van der Waals surface area (Å²) in [5.74, 6) is -1.20. The SMILES string of the molecule is CS(=O)(=O)NCc1csc2c1S(=O)(=O)N=C(C1C(=O)[C@@H]3[C@@H]4CC[C@@H](C4)[C@@H]3N(CC3CCCCC3)C1=O)N2. The molecule has 3 saturated carbocycles. The highest BCUT2D eigenvalue weighted by Crippen LogP contribution is 2.54. The molecule has 13 heteroatoms. The molecule has 6 rings (SSSR count). The standard InChI is InChI=1S/C24H32N4O6S3/c1-36(31,32)25-10-16-12-35-23-21(16)37(33,34)27-22(26-23)18-20(29)17-14-7-8-15(9-14)19(17)28(24(18)30)11-13-5-3-2-4-6-13/h12-15,17-19,25H,2-11H2,1H3,(H,26,27)/t14-,15+,17-,18?,19+/m1/s1. The van der Waals surface area contributed by atoms with Gasteiger partial charge in [0.15, 0.2) is 11.7 Å². The average Bonchev–Trinajstić information content (AvgIpc) is 3.55. The van der Waals surface area contributed by atoms with Crippen molar-refractivity contribution in [3.8, 4) is 0 Å². The summed E-state index contributed by atoms with van der Waals surface area (Å²) in [6.45, 7) is 0.429. The van der Waals surface area contributed by atoms with Gasteiger partial charge in [0, 0.05) is 30.6 Å². The Hall–Kier alpha value is -1.83. The van der Waals surface area contributed by atoms with Crippen LogP contribution in [0.1, 0.15) is 56.9 Å². The second-order valence-electron chi connectivity index (χ2n) is 11.3. The van der Waals surface area contributed by atoms with Crippen molar-refractivity contribution in [2.45, 2.75) is 68.8 Å². The van der Waals surface area contributed by atoms with Crippen LogP contribution in [0.3, 0.4) is 0 Å². The summed E-state index contributed by atoms with van der Waals surface area (Å²) in [7, 11) is -7.77. The molecule has 10 nitrogen and oxygen atoms in total. The number of amides is 1. The molecule has 0 spiro atoms. The first-order chi connectivity index (χ1) is 17.5. The number of piperidine rings is 1. The summed E-state index contributed by atoms with van der Waals surface area (Å²) >= 11 is 1.09. The number of nitrogens with zero attached hydrogens (tertiary/aromatic N) is 2. The number of thiophene rings is 1. The van der Waals surface area contributed by atoms with E-state index < -0.39 is 26.0 Å². The van der Waals surface area contributed by atoms with Crippen LogP contribution >= 0.6 is 11.3 Å². The summed E-state index contributed by atoms with van der Waals surface area (Å²) < 4.78 is 55.8. The monoisotopic (exact) mass is 568 g/mol. The van der Waals surface area contributed by atoms with Gasteiger partial charge in [-0.3, -0.25) is 9.59 Å². The van der Waals surface area contributed by atoms with E-state index in [0.717, 1.165) is 62.5 Å². The third kappa shape index (κ3) is 4.45. The molecule has 2 bridgehead atoms. The summed E-state index contributed by atoms with van der Waals surface area (Å²) in [5, 5.41) is 4.80. The maximum Gasteiger partial charge on any atom is 0.287 e. The van der Waals surface area contributed by atoms with Gasteiger partial charge in [-0.1, -0.05) is 19.3 Å². The lowest BCUT2D eigenvalue weighted by Crippen LogP contribution is -2.62. The minimum atomic E-state index is -4.24. The van der Waals surface area contributed by atoms with Gasteiger partial charge in [0.1, 0.15) is 15.7 Å². The first-order valence-electron chi connectivity index (χ1n) is 13.0. The largest absolute Gasteiger partial charge is 0.337 e. The van der Waals surface area contributed by atoms with E-state index in [9.17, 15) is 26.4 Å². The molecule has 4 fully saturated rings. The number of sulfonamides is 2. The van der Waals surface area contributed by atoms with Crippen LogP contribution in [0.15, 0.2) is 14.7 Å². The number of hydrogen-bond donors (Lipinski definition) is 2. The van der Waals surface area contributed by atoms with Crippen molar-refractivity contribution >= 4 is 53.9 Å². The molecule has 1 amide bonds. The van der Waals surface area contributed by atoms with E-state index in [2.05, 4.69) is 14.4 Å². The van der Waals surface area contributed by atoms with Gasteiger partial charge >= 0.3 is 0 Å². The smallest absolute Gasteiger partial charge is 0.287 e. The number of Topliss-reactive ketones (excluding diaryl/α,β-unsaturated/α-hetero) is 1. The number of ketones is 1. The number of anilines is 1. The highest BCUT2D eigenvalue weighted by atomic mass is 32.2. The predicted molar refractivity (Wildman–Crippen MR) is 139 cm³/mol. The number of rotatable bonds is 6. The number of fused-ring (bicyclic) bond motifs is 6. The summed E-state index contributed by atoms with van der Waals surface area (Å²) in [6.07, 6.45) is 9.62. The molecule has 1 unspecified atom stereocenters. The zero-order valence-corrected chi connectivity index (χ0v) is 23.1. The first kappa shape index (κ1) is 25.4. The first-order valence-corrected chi connectivity index (χ1v) is 17.3. The van der Waals surface area contributed by atoms with Gasteiger partial charge in [-0.05, 0) is 55.2 Å². The lowest BCUT2D eigenvalue weighted by atomic mass is 9.72. The maximum atomic E-state index is 14.0. The Morgan fingerprint density at radius 1 is 1.14 bits per heavy atom. The number of hydrogen-bond acceptors (Lipinski definition) is 8. The van der Waals surface area contributed by atoms with Gasteiger partial charge in [-0.25, -0.2) is 13.1 Å². The van der Waals surface area contributed by atoms with Crippen LogP contribution < -0.4 is 10.0 Å². The van der Waals surface area contributed by atoms with Crippen LogP contribution in [0.5, 0.6) is 0 Å². The maximum absolute atomic E-state index is 14.0. The van der Waals surface area contributed by atoms with Crippen LogP contribution in [0.4, 0.5) is 5.00 Å². The van der Waals surface area contributed by atoms with Crippen molar-refractivity contribution < 1.29 is 26.4 Å². The van der Waals surface area contributed by atoms with Gasteiger partial charge in [0.25, 0.3) is 10.0 Å². The number of carbonyl (C=O) groups excluding carboxylic acids is 2. The number of nitrogens with one attached hydrogen (secondary N) is 2. The highest BCUT2D eigenvalue weighted by Gasteiger charge is 2.61. The number of likely N-dealkylation sites (tertiary alicyclic amines) is 1. The topological polar surface area (TPSA) is 142 Å². The van der Waals surface area contributed by atoms with Crippen molar-refractivity contribution in [1.82, 2.24) is 9.62 Å². The Morgan fingerprint density at radius 2 is 1.86 bits per heavy atom. The minimum Gasteiger partial charge on any atom is -0.337 e. The molecule has 0 radical (unpaired) electrons. The van der Waals surface area contributed by atoms with E-state index in [1.165, 1.54) is 6.42 Å². The van der Waals surface area contributed by atoms with Crippen molar-refractivity contribution in [3.05, 3.63) is 10.9 Å². The number of carbonyl (C=O) groups is 2. The zero-order chi connectivity index (χ0) is 26.1. The molecule has 3 heterocycles. The zero-order valence-electron chi connectivity index (χ0n) is 20.7. The Labute approximate surface area is 221 Å². The van der Waals surface area contributed by atoms with Crippen molar-refractivity contribution in [2.75, 3.05) is 18.1 Å². The van der Waals surface area contributed by atoms with Gasteiger partial charge < -0.3 is 10.2 Å². The van der Waals surface area contributed by atoms with E-state index in [-0.39, 0.29) is 57.4 Å². The van der Waals surface area contributed by atoms with E-state index in [0.29, 0.717) is 18.4 Å². The lowest BCUT2D eigenvalue weighted by molar-refractivity contribution is -0.153. The molecular weight excluding hydrogens is 536 g/mol.